The van der Waals surface area contributed by atoms with E-state index in [1.54, 1.807) is 6.92 Å². The number of aromatic nitrogens is 5. The molecule has 0 spiro atoms. The van der Waals surface area contributed by atoms with E-state index in [9.17, 15) is 18.8 Å². The van der Waals surface area contributed by atoms with Crippen LogP contribution in [0.3, 0.4) is 0 Å². The van der Waals surface area contributed by atoms with Crippen LogP contribution in [0.4, 0.5) is 4.39 Å². The number of nitrogens with zero attached hydrogens (tertiary/aromatic N) is 6. The van der Waals surface area contributed by atoms with E-state index in [0.29, 0.717) is 33.3 Å². The molecule has 1 aliphatic heterocycles. The minimum Gasteiger partial charge on any atom is -0.496 e. The summed E-state index contributed by atoms with van der Waals surface area (Å²) in [6, 6.07) is 4.96. The molecule has 0 saturated carbocycles. The normalized spacial score (nSPS) is 15.8. The number of halogens is 1. The first-order chi connectivity index (χ1) is 18.8. The molecule has 2 atom stereocenters. The van der Waals surface area contributed by atoms with E-state index < -0.39 is 35.1 Å². The summed E-state index contributed by atoms with van der Waals surface area (Å²) in [7, 11) is 1.43. The van der Waals surface area contributed by atoms with Crippen molar-refractivity contribution < 1.29 is 18.7 Å². The molecule has 14 heteroatoms. The molecular formula is C25H24FN7O5S. The zero-order chi connectivity index (χ0) is 27.7. The average molecular weight is 554 g/mol. The molecule has 0 bridgehead atoms. The zero-order valence-corrected chi connectivity index (χ0v) is 21.9. The molecule has 1 fully saturated rings. The molecule has 5 rings (SSSR count). The lowest BCUT2D eigenvalue weighted by molar-refractivity contribution is -0.122. The second-order valence-corrected chi connectivity index (χ2v) is 9.83. The lowest BCUT2D eigenvalue weighted by Gasteiger charge is -2.23. The summed E-state index contributed by atoms with van der Waals surface area (Å²) in [6.07, 6.45) is 2.39. The lowest BCUT2D eigenvalue weighted by atomic mass is 10.1. The Balaban J connectivity index is 1.75. The summed E-state index contributed by atoms with van der Waals surface area (Å²) in [6.45, 7) is 1.92. The van der Waals surface area contributed by atoms with Crippen LogP contribution in [-0.4, -0.2) is 50.3 Å². The molecule has 1 aromatic carbocycles. The summed E-state index contributed by atoms with van der Waals surface area (Å²) in [4.78, 5) is 42.0. The Hall–Kier alpha value is -4.35. The lowest BCUT2D eigenvalue weighted by Crippen LogP contribution is -2.44. The molecule has 202 valence electrons. The maximum Gasteiger partial charge on any atom is 0.332 e. The number of rotatable bonds is 9. The van der Waals surface area contributed by atoms with Gasteiger partial charge >= 0.3 is 5.69 Å². The number of nitriles is 1. The Kier molecular flexibility index (Phi) is 7.27. The van der Waals surface area contributed by atoms with Gasteiger partial charge in [0.1, 0.15) is 33.5 Å². The van der Waals surface area contributed by atoms with Gasteiger partial charge in [-0.25, -0.2) is 13.8 Å². The second kappa shape index (κ2) is 10.8. The van der Waals surface area contributed by atoms with Crippen molar-refractivity contribution in [1.82, 2.24) is 29.4 Å². The van der Waals surface area contributed by atoms with Gasteiger partial charge < -0.3 is 14.8 Å². The van der Waals surface area contributed by atoms with Crippen LogP contribution in [0.1, 0.15) is 36.1 Å². The van der Waals surface area contributed by atoms with Crippen molar-refractivity contribution in [3.63, 3.8) is 0 Å². The third kappa shape index (κ3) is 4.70. The zero-order valence-electron chi connectivity index (χ0n) is 21.1. The van der Waals surface area contributed by atoms with Crippen molar-refractivity contribution in [3.05, 3.63) is 68.4 Å². The van der Waals surface area contributed by atoms with E-state index in [1.807, 2.05) is 6.07 Å². The van der Waals surface area contributed by atoms with Gasteiger partial charge in [0, 0.05) is 17.7 Å². The van der Waals surface area contributed by atoms with Crippen molar-refractivity contribution in [3.8, 4) is 16.8 Å². The van der Waals surface area contributed by atoms with Gasteiger partial charge in [-0.1, -0.05) is 11.3 Å². The molecule has 0 aliphatic carbocycles. The minimum absolute atomic E-state index is 0.00925. The largest absolute Gasteiger partial charge is 0.496 e. The number of ether oxygens (including phenoxy) is 2. The van der Waals surface area contributed by atoms with Crippen LogP contribution >= 0.6 is 11.3 Å². The number of hydrogen-bond acceptors (Lipinski definition) is 9. The summed E-state index contributed by atoms with van der Waals surface area (Å²) in [5.41, 5.74) is -0.428. The highest BCUT2D eigenvalue weighted by Gasteiger charge is 2.33. The molecule has 4 heterocycles. The van der Waals surface area contributed by atoms with Crippen molar-refractivity contribution in [2.45, 2.75) is 38.5 Å². The van der Waals surface area contributed by atoms with Crippen molar-refractivity contribution >= 4 is 27.5 Å². The Morgan fingerprint density at radius 1 is 1.28 bits per heavy atom. The molecule has 39 heavy (non-hydrogen) atoms. The molecule has 0 radical (unpaired) electrons. The summed E-state index contributed by atoms with van der Waals surface area (Å²) in [5.74, 6) is -0.630. The smallest absolute Gasteiger partial charge is 0.332 e. The van der Waals surface area contributed by atoms with Crippen LogP contribution in [0.15, 0.2) is 40.2 Å². The Bertz CT molecular complexity index is 1700. The van der Waals surface area contributed by atoms with E-state index in [0.717, 1.165) is 15.9 Å². The molecule has 3 aromatic heterocycles. The highest BCUT2D eigenvalue weighted by Crippen LogP contribution is 2.34. The average Bonchev–Trinajstić information content (AvgIpc) is 3.67. The third-order valence-electron chi connectivity index (χ3n) is 6.57. The van der Waals surface area contributed by atoms with Crippen LogP contribution < -0.4 is 21.3 Å². The molecule has 1 saturated heterocycles. The SMILES string of the molecule is COc1ccc(F)cc1[C@H](Cn1c(=O)n([C@@H]2CCNC2=O)c(=O)c2c(C)c(-n3nccn3)sc21)OCCC#N. The van der Waals surface area contributed by atoms with Crippen molar-refractivity contribution in [2.75, 3.05) is 20.3 Å². The Morgan fingerprint density at radius 2 is 2.05 bits per heavy atom. The van der Waals surface area contributed by atoms with Gasteiger partial charge in [-0.05, 0) is 31.5 Å². The van der Waals surface area contributed by atoms with Crippen LogP contribution in [0.25, 0.3) is 15.2 Å². The van der Waals surface area contributed by atoms with E-state index in [2.05, 4.69) is 15.5 Å². The maximum absolute atomic E-state index is 14.3. The number of carbonyl (C=O) groups is 1. The fourth-order valence-electron chi connectivity index (χ4n) is 4.74. The van der Waals surface area contributed by atoms with Gasteiger partial charge in [0.2, 0.25) is 5.91 Å². The van der Waals surface area contributed by atoms with Gasteiger partial charge in [-0.3, -0.25) is 14.2 Å². The standard InChI is InChI=1S/C25H24FN7O5S/c1-14-20-22(35)32(17-6-8-28-21(17)34)25(36)31(24(20)39-23(14)33-29-9-10-30-33)13-19(38-11-3-7-27)16-12-15(26)4-5-18(16)37-2/h4-5,9-10,12,17,19H,3,6,8,11,13H2,1-2H3,(H,28,34)/t17-,19+/m1/s1. The molecule has 12 nitrogen and oxygen atoms in total. The topological polar surface area (TPSA) is 146 Å². The molecule has 0 unspecified atom stereocenters. The number of benzene rings is 1. The molecule has 1 aliphatic rings. The first kappa shape index (κ1) is 26.3. The van der Waals surface area contributed by atoms with Crippen molar-refractivity contribution in [2.24, 2.45) is 0 Å². The number of methoxy groups -OCH3 is 1. The van der Waals surface area contributed by atoms with E-state index in [1.165, 1.54) is 47.1 Å². The highest BCUT2D eigenvalue weighted by molar-refractivity contribution is 7.21. The summed E-state index contributed by atoms with van der Waals surface area (Å²) in [5, 5.41) is 20.8. The van der Waals surface area contributed by atoms with Crippen LogP contribution in [-0.2, 0) is 16.1 Å². The van der Waals surface area contributed by atoms with E-state index >= 15 is 0 Å². The number of nitrogens with one attached hydrogen (secondary N) is 1. The summed E-state index contributed by atoms with van der Waals surface area (Å²) >= 11 is 1.14. The first-order valence-electron chi connectivity index (χ1n) is 12.1. The minimum atomic E-state index is -0.979. The van der Waals surface area contributed by atoms with Crippen LogP contribution in [0, 0.1) is 24.1 Å². The molecule has 1 amide bonds. The molecule has 1 N–H and O–H groups in total. The third-order valence-corrected chi connectivity index (χ3v) is 7.85. The van der Waals surface area contributed by atoms with Gasteiger partial charge in [-0.15, -0.1) is 4.80 Å². The highest BCUT2D eigenvalue weighted by atomic mass is 32.1. The number of carbonyl (C=O) groups excluding carboxylic acids is 1. The fraction of sp³-hybridized carbons (Fsp3) is 0.360. The quantitative estimate of drug-likeness (QED) is 0.310. The number of hydrogen-bond donors (Lipinski definition) is 1. The summed E-state index contributed by atoms with van der Waals surface area (Å²) < 4.78 is 28.1. The van der Waals surface area contributed by atoms with E-state index in [4.69, 9.17) is 14.7 Å². The molecular weight excluding hydrogens is 529 g/mol. The van der Waals surface area contributed by atoms with E-state index in [-0.39, 0.29) is 31.4 Å². The number of fused-ring (bicyclic) bond motifs is 1. The fourth-order valence-corrected chi connectivity index (χ4v) is 5.96. The van der Waals surface area contributed by atoms with Gasteiger partial charge in [0.25, 0.3) is 5.56 Å². The Labute approximate surface area is 224 Å². The van der Waals surface area contributed by atoms with Crippen LogP contribution in [0.5, 0.6) is 5.75 Å². The predicted molar refractivity (Wildman–Crippen MR) is 139 cm³/mol. The van der Waals surface area contributed by atoms with Gasteiger partial charge in [0.05, 0.1) is 50.5 Å². The second-order valence-electron chi connectivity index (χ2n) is 8.85. The maximum atomic E-state index is 14.3. The van der Waals surface area contributed by atoms with Crippen molar-refractivity contribution in [1.29, 1.82) is 5.26 Å². The van der Waals surface area contributed by atoms with Gasteiger partial charge in [0.15, 0.2) is 0 Å². The van der Waals surface area contributed by atoms with Gasteiger partial charge in [-0.2, -0.15) is 15.5 Å². The number of thiophene rings is 1. The number of amides is 1. The monoisotopic (exact) mass is 553 g/mol. The molecule has 4 aromatic rings. The number of aryl methyl sites for hydroxylation is 1. The van der Waals surface area contributed by atoms with Crippen LogP contribution in [0.2, 0.25) is 0 Å². The Morgan fingerprint density at radius 3 is 2.72 bits per heavy atom. The predicted octanol–water partition coefficient (Wildman–Crippen LogP) is 1.99. The first-order valence-corrected chi connectivity index (χ1v) is 12.9.